The van der Waals surface area contributed by atoms with E-state index in [1.54, 1.807) is 36.5 Å². The number of carbonyl (C=O) groups excluding carboxylic acids is 1. The first kappa shape index (κ1) is 21.3. The number of para-hydroxylation sites is 1. The summed E-state index contributed by atoms with van der Waals surface area (Å²) in [5, 5.41) is 6.69. The molecule has 0 aliphatic rings. The van der Waals surface area contributed by atoms with E-state index >= 15 is 0 Å². The summed E-state index contributed by atoms with van der Waals surface area (Å²) in [4.78, 5) is 25.1. The number of nitrogens with one attached hydrogen (secondary N) is 1. The average Bonchev–Trinajstić information content (AvgIpc) is 3.29. The van der Waals surface area contributed by atoms with Crippen molar-refractivity contribution in [1.82, 2.24) is 20.1 Å². The lowest BCUT2D eigenvalue weighted by Crippen LogP contribution is -2.18. The fourth-order valence-corrected chi connectivity index (χ4v) is 4.25. The van der Waals surface area contributed by atoms with Gasteiger partial charge in [0.25, 0.3) is 0 Å². The predicted molar refractivity (Wildman–Crippen MR) is 116 cm³/mol. The monoisotopic (exact) mass is 449 g/mol. The van der Waals surface area contributed by atoms with E-state index < -0.39 is 15.7 Å². The number of nitrogens with zero attached hydrogens (tertiary/aromatic N) is 4. The Balaban J connectivity index is 1.41. The van der Waals surface area contributed by atoms with Crippen LogP contribution in [-0.2, 0) is 21.1 Å². The summed E-state index contributed by atoms with van der Waals surface area (Å²) >= 11 is 0. The van der Waals surface area contributed by atoms with Crippen molar-refractivity contribution >= 4 is 21.4 Å². The largest absolute Gasteiger partial charge is 0.339 e. The molecule has 0 atom stereocenters. The highest BCUT2D eigenvalue weighted by molar-refractivity contribution is 7.91. The molecule has 0 radical (unpaired) electrons. The third kappa shape index (κ3) is 5.22. The SMILES string of the molecule is O=C(CCS(=O)(=O)c1ccccc1)Nc1ccccc1Cc1nc(-c2cnccn2)no1. The van der Waals surface area contributed by atoms with Gasteiger partial charge in [-0.15, -0.1) is 0 Å². The second kappa shape index (κ2) is 9.48. The molecule has 162 valence electrons. The molecule has 0 saturated carbocycles. The Morgan fingerprint density at radius 3 is 2.56 bits per heavy atom. The van der Waals surface area contributed by atoms with E-state index in [9.17, 15) is 13.2 Å². The first-order chi connectivity index (χ1) is 15.5. The highest BCUT2D eigenvalue weighted by Gasteiger charge is 2.17. The van der Waals surface area contributed by atoms with Gasteiger partial charge in [0.05, 0.1) is 23.3 Å². The van der Waals surface area contributed by atoms with Crippen LogP contribution in [-0.4, -0.2) is 40.2 Å². The summed E-state index contributed by atoms with van der Waals surface area (Å²) in [6.45, 7) is 0. The van der Waals surface area contributed by atoms with Gasteiger partial charge in [-0.1, -0.05) is 41.6 Å². The number of hydrogen-bond donors (Lipinski definition) is 1. The van der Waals surface area contributed by atoms with Crippen molar-refractivity contribution in [3.63, 3.8) is 0 Å². The van der Waals surface area contributed by atoms with Crippen molar-refractivity contribution in [3.8, 4) is 11.5 Å². The zero-order valence-corrected chi connectivity index (χ0v) is 17.7. The van der Waals surface area contributed by atoms with Gasteiger partial charge in [0.2, 0.25) is 17.6 Å². The molecule has 0 bridgehead atoms. The summed E-state index contributed by atoms with van der Waals surface area (Å²) in [5.41, 5.74) is 1.79. The molecule has 1 amide bonds. The van der Waals surface area contributed by atoms with Gasteiger partial charge in [0.15, 0.2) is 9.84 Å². The number of sulfone groups is 1. The highest BCUT2D eigenvalue weighted by atomic mass is 32.2. The standard InChI is InChI=1S/C22H19N5O4S/c28-20(10-13-32(29,30)17-7-2-1-3-8-17)25-18-9-5-4-6-16(18)14-21-26-22(27-31-21)19-15-23-11-12-24-19/h1-9,11-12,15H,10,13-14H2,(H,25,28). The fourth-order valence-electron chi connectivity index (χ4n) is 2.99. The number of rotatable bonds is 8. The lowest BCUT2D eigenvalue weighted by molar-refractivity contribution is -0.115. The maximum absolute atomic E-state index is 12.4. The van der Waals surface area contributed by atoms with Crippen LogP contribution in [0.4, 0.5) is 5.69 Å². The van der Waals surface area contributed by atoms with Crippen molar-refractivity contribution in [2.45, 2.75) is 17.7 Å². The first-order valence-electron chi connectivity index (χ1n) is 9.76. The number of amides is 1. The molecule has 0 aliphatic carbocycles. The first-order valence-corrected chi connectivity index (χ1v) is 11.4. The molecule has 9 nitrogen and oxygen atoms in total. The maximum atomic E-state index is 12.4. The van der Waals surface area contributed by atoms with Crippen molar-refractivity contribution in [2.75, 3.05) is 11.1 Å². The molecule has 32 heavy (non-hydrogen) atoms. The van der Waals surface area contributed by atoms with Gasteiger partial charge in [-0.3, -0.25) is 9.78 Å². The number of carbonyl (C=O) groups is 1. The third-order valence-electron chi connectivity index (χ3n) is 4.59. The van der Waals surface area contributed by atoms with Gasteiger partial charge >= 0.3 is 0 Å². The van der Waals surface area contributed by atoms with E-state index in [0.717, 1.165) is 5.56 Å². The maximum Gasteiger partial charge on any atom is 0.231 e. The summed E-state index contributed by atoms with van der Waals surface area (Å²) in [6.07, 6.45) is 4.74. The van der Waals surface area contributed by atoms with Crippen molar-refractivity contribution in [3.05, 3.63) is 84.6 Å². The fraction of sp³-hybridized carbons (Fsp3) is 0.136. The highest BCUT2D eigenvalue weighted by Crippen LogP contribution is 2.20. The quantitative estimate of drug-likeness (QED) is 0.435. The van der Waals surface area contributed by atoms with E-state index in [4.69, 9.17) is 4.52 Å². The predicted octanol–water partition coefficient (Wildman–Crippen LogP) is 2.92. The molecule has 2 aromatic heterocycles. The zero-order chi connectivity index (χ0) is 22.4. The number of hydrogen-bond acceptors (Lipinski definition) is 8. The molecule has 4 rings (SSSR count). The van der Waals surface area contributed by atoms with E-state index in [-0.39, 0.29) is 23.5 Å². The van der Waals surface area contributed by atoms with E-state index in [1.807, 2.05) is 12.1 Å². The molecule has 0 unspecified atom stereocenters. The minimum atomic E-state index is -3.54. The van der Waals surface area contributed by atoms with Crippen LogP contribution in [0.1, 0.15) is 17.9 Å². The topological polar surface area (TPSA) is 128 Å². The molecule has 4 aromatic rings. The molecule has 0 spiro atoms. The van der Waals surface area contributed by atoms with Crippen molar-refractivity contribution in [2.24, 2.45) is 0 Å². The minimum absolute atomic E-state index is 0.164. The van der Waals surface area contributed by atoms with E-state index in [0.29, 0.717) is 23.1 Å². The van der Waals surface area contributed by atoms with Crippen LogP contribution < -0.4 is 5.32 Å². The van der Waals surface area contributed by atoms with Crippen LogP contribution in [0, 0.1) is 0 Å². The lowest BCUT2D eigenvalue weighted by Gasteiger charge is -2.10. The Bertz CT molecular complexity index is 1310. The molecule has 10 heteroatoms. The van der Waals surface area contributed by atoms with Gasteiger partial charge in [-0.25, -0.2) is 13.4 Å². The smallest absolute Gasteiger partial charge is 0.231 e. The van der Waals surface area contributed by atoms with Crippen molar-refractivity contribution < 1.29 is 17.7 Å². The molecule has 2 heterocycles. The molecule has 2 aromatic carbocycles. The summed E-state index contributed by atoms with van der Waals surface area (Å²) in [6, 6.07) is 15.2. The van der Waals surface area contributed by atoms with Crippen LogP contribution in [0.3, 0.4) is 0 Å². The average molecular weight is 449 g/mol. The van der Waals surface area contributed by atoms with Crippen LogP contribution in [0.5, 0.6) is 0 Å². The van der Waals surface area contributed by atoms with Crippen LogP contribution >= 0.6 is 0 Å². The molecule has 0 fully saturated rings. The van der Waals surface area contributed by atoms with E-state index in [2.05, 4.69) is 25.4 Å². The lowest BCUT2D eigenvalue weighted by atomic mass is 10.1. The molecule has 0 saturated heterocycles. The van der Waals surface area contributed by atoms with Crippen molar-refractivity contribution in [1.29, 1.82) is 0 Å². The second-order valence-electron chi connectivity index (χ2n) is 6.87. The zero-order valence-electron chi connectivity index (χ0n) is 16.9. The molecule has 1 N–H and O–H groups in total. The number of aromatic nitrogens is 4. The van der Waals surface area contributed by atoms with Crippen LogP contribution in [0.15, 0.2) is 82.6 Å². The number of anilines is 1. The normalized spacial score (nSPS) is 11.2. The second-order valence-corrected chi connectivity index (χ2v) is 8.98. The summed E-state index contributed by atoms with van der Waals surface area (Å²) in [7, 11) is -3.54. The Kier molecular flexibility index (Phi) is 6.31. The van der Waals surface area contributed by atoms with E-state index in [1.165, 1.54) is 24.5 Å². The van der Waals surface area contributed by atoms with Crippen LogP contribution in [0.25, 0.3) is 11.5 Å². The van der Waals surface area contributed by atoms with Gasteiger partial charge in [0, 0.05) is 24.5 Å². The van der Waals surface area contributed by atoms with Gasteiger partial charge in [-0.2, -0.15) is 4.98 Å². The summed E-state index contributed by atoms with van der Waals surface area (Å²) in [5.74, 6) is -0.0154. The Hall–Kier alpha value is -3.92. The molecule has 0 aliphatic heterocycles. The third-order valence-corrected chi connectivity index (χ3v) is 6.33. The Morgan fingerprint density at radius 1 is 1.00 bits per heavy atom. The summed E-state index contributed by atoms with van der Waals surface area (Å²) < 4.78 is 30.1. The van der Waals surface area contributed by atoms with Crippen LogP contribution in [0.2, 0.25) is 0 Å². The molecular weight excluding hydrogens is 430 g/mol. The Morgan fingerprint density at radius 2 is 1.78 bits per heavy atom. The molecular formula is C22H19N5O4S. The van der Waals surface area contributed by atoms with Gasteiger partial charge in [0.1, 0.15) is 5.69 Å². The van der Waals surface area contributed by atoms with Gasteiger partial charge in [-0.05, 0) is 23.8 Å². The van der Waals surface area contributed by atoms with Gasteiger partial charge < -0.3 is 9.84 Å². The number of benzene rings is 2. The minimum Gasteiger partial charge on any atom is -0.339 e. The Labute approximate surface area is 184 Å².